The van der Waals surface area contributed by atoms with Crippen LogP contribution >= 0.6 is 0 Å². The number of aromatic amines is 1. The Morgan fingerprint density at radius 1 is 0.966 bits per heavy atom. The standard InChI is InChI=1S/C23H25N5O/c24-22-20-21(18-9-2-3-10-19(18)25-22)28(23(29)26-20)15-17-8-6-7-16(13-17)14-27-11-4-1-5-12-27/h2-3,6-10,13H,1,4-5,11-12,14-15H2,(H2,24,25)(H,26,29). The second-order valence-corrected chi connectivity index (χ2v) is 7.91. The molecule has 1 aliphatic heterocycles. The summed E-state index contributed by atoms with van der Waals surface area (Å²) < 4.78 is 1.77. The van der Waals surface area contributed by atoms with E-state index in [1.165, 1.54) is 37.9 Å². The second kappa shape index (κ2) is 7.37. The van der Waals surface area contributed by atoms with E-state index in [1.54, 1.807) is 4.57 Å². The van der Waals surface area contributed by atoms with Crippen LogP contribution in [-0.4, -0.2) is 32.5 Å². The molecule has 3 N–H and O–H groups in total. The molecule has 0 atom stereocenters. The van der Waals surface area contributed by atoms with Crippen molar-refractivity contribution in [2.24, 2.45) is 0 Å². The number of aromatic nitrogens is 3. The Kier molecular flexibility index (Phi) is 4.56. The Bertz CT molecular complexity index is 1230. The number of anilines is 1. The Balaban J connectivity index is 1.53. The quantitative estimate of drug-likeness (QED) is 0.562. The first-order valence-electron chi connectivity index (χ1n) is 10.3. The van der Waals surface area contributed by atoms with Crippen LogP contribution in [0.3, 0.4) is 0 Å². The molecule has 1 fully saturated rings. The predicted molar refractivity (Wildman–Crippen MR) is 117 cm³/mol. The first-order chi connectivity index (χ1) is 14.2. The molecule has 5 rings (SSSR count). The summed E-state index contributed by atoms with van der Waals surface area (Å²) in [5.41, 5.74) is 10.6. The summed E-state index contributed by atoms with van der Waals surface area (Å²) in [5.74, 6) is 0.355. The molecule has 0 unspecified atom stereocenters. The Morgan fingerprint density at radius 2 is 1.72 bits per heavy atom. The summed E-state index contributed by atoms with van der Waals surface area (Å²) in [6.45, 7) is 3.81. The van der Waals surface area contributed by atoms with Crippen molar-refractivity contribution in [1.29, 1.82) is 0 Å². The maximum atomic E-state index is 12.8. The number of piperidine rings is 1. The number of nitrogen functional groups attached to an aromatic ring is 1. The van der Waals surface area contributed by atoms with E-state index in [4.69, 9.17) is 5.73 Å². The molecule has 0 spiro atoms. The number of para-hydroxylation sites is 1. The number of fused-ring (bicyclic) bond motifs is 3. The second-order valence-electron chi connectivity index (χ2n) is 7.91. The Hall–Kier alpha value is -3.12. The summed E-state index contributed by atoms with van der Waals surface area (Å²) in [4.78, 5) is 22.6. The van der Waals surface area contributed by atoms with Crippen molar-refractivity contribution in [3.05, 3.63) is 70.1 Å². The molecular formula is C23H25N5O. The average molecular weight is 387 g/mol. The van der Waals surface area contributed by atoms with Gasteiger partial charge in [-0.2, -0.15) is 0 Å². The molecular weight excluding hydrogens is 362 g/mol. The molecule has 2 aromatic heterocycles. The van der Waals surface area contributed by atoms with Gasteiger partial charge in [0.2, 0.25) is 0 Å². The van der Waals surface area contributed by atoms with Crippen molar-refractivity contribution >= 4 is 27.8 Å². The van der Waals surface area contributed by atoms with Crippen LogP contribution in [-0.2, 0) is 13.1 Å². The van der Waals surface area contributed by atoms with E-state index in [-0.39, 0.29) is 5.69 Å². The van der Waals surface area contributed by atoms with Crippen LogP contribution in [0.25, 0.3) is 21.9 Å². The number of pyridine rings is 1. The molecule has 148 valence electrons. The lowest BCUT2D eigenvalue weighted by molar-refractivity contribution is 0.221. The first kappa shape index (κ1) is 17.9. The zero-order valence-electron chi connectivity index (χ0n) is 16.4. The van der Waals surface area contributed by atoms with E-state index in [2.05, 4.69) is 39.1 Å². The van der Waals surface area contributed by atoms with E-state index in [0.29, 0.717) is 17.9 Å². The van der Waals surface area contributed by atoms with Crippen molar-refractivity contribution < 1.29 is 0 Å². The minimum Gasteiger partial charge on any atom is -0.382 e. The highest BCUT2D eigenvalue weighted by Gasteiger charge is 2.15. The highest BCUT2D eigenvalue weighted by atomic mass is 16.1. The molecule has 4 aromatic rings. The number of nitrogens with zero attached hydrogens (tertiary/aromatic N) is 3. The number of benzene rings is 2. The van der Waals surface area contributed by atoms with Crippen LogP contribution in [0.5, 0.6) is 0 Å². The van der Waals surface area contributed by atoms with Gasteiger partial charge < -0.3 is 10.7 Å². The minimum atomic E-state index is -0.161. The van der Waals surface area contributed by atoms with E-state index in [0.717, 1.165) is 28.5 Å². The summed E-state index contributed by atoms with van der Waals surface area (Å²) in [7, 11) is 0. The number of likely N-dealkylation sites (tertiary alicyclic amines) is 1. The molecule has 3 heterocycles. The van der Waals surface area contributed by atoms with Crippen LogP contribution in [0, 0.1) is 0 Å². The lowest BCUT2D eigenvalue weighted by atomic mass is 10.1. The molecule has 1 aliphatic rings. The van der Waals surface area contributed by atoms with Gasteiger partial charge in [0, 0.05) is 11.9 Å². The average Bonchev–Trinajstić information content (AvgIpc) is 3.06. The number of hydrogen-bond donors (Lipinski definition) is 2. The normalized spacial score (nSPS) is 15.3. The number of hydrogen-bond acceptors (Lipinski definition) is 4. The monoisotopic (exact) mass is 387 g/mol. The van der Waals surface area contributed by atoms with E-state index >= 15 is 0 Å². The maximum absolute atomic E-state index is 12.8. The van der Waals surface area contributed by atoms with Crippen molar-refractivity contribution in [1.82, 2.24) is 19.4 Å². The van der Waals surface area contributed by atoms with Gasteiger partial charge in [-0.05, 0) is 43.1 Å². The van der Waals surface area contributed by atoms with Crippen molar-refractivity contribution in [3.63, 3.8) is 0 Å². The lowest BCUT2D eigenvalue weighted by Gasteiger charge is -2.26. The lowest BCUT2D eigenvalue weighted by Crippen LogP contribution is -2.29. The van der Waals surface area contributed by atoms with Crippen molar-refractivity contribution in [2.75, 3.05) is 18.8 Å². The summed E-state index contributed by atoms with van der Waals surface area (Å²) in [5, 5.41) is 0.930. The van der Waals surface area contributed by atoms with E-state index < -0.39 is 0 Å². The third-order valence-corrected chi connectivity index (χ3v) is 5.83. The first-order valence-corrected chi connectivity index (χ1v) is 10.3. The Labute approximate surface area is 169 Å². The minimum absolute atomic E-state index is 0.161. The molecule has 6 nitrogen and oxygen atoms in total. The zero-order valence-corrected chi connectivity index (χ0v) is 16.4. The third kappa shape index (κ3) is 3.40. The van der Waals surface area contributed by atoms with Crippen LogP contribution in [0.4, 0.5) is 5.82 Å². The van der Waals surface area contributed by atoms with Gasteiger partial charge in [0.05, 0.1) is 17.6 Å². The van der Waals surface area contributed by atoms with Gasteiger partial charge in [-0.1, -0.05) is 48.9 Å². The van der Waals surface area contributed by atoms with Crippen LogP contribution in [0.15, 0.2) is 53.3 Å². The maximum Gasteiger partial charge on any atom is 0.326 e. The molecule has 0 amide bonds. The van der Waals surface area contributed by atoms with Crippen LogP contribution in [0.1, 0.15) is 30.4 Å². The highest BCUT2D eigenvalue weighted by molar-refractivity contribution is 6.06. The topological polar surface area (TPSA) is 79.9 Å². The highest BCUT2D eigenvalue weighted by Crippen LogP contribution is 2.26. The molecule has 1 saturated heterocycles. The number of nitrogens with one attached hydrogen (secondary N) is 1. The van der Waals surface area contributed by atoms with Gasteiger partial charge in [-0.3, -0.25) is 9.47 Å². The zero-order chi connectivity index (χ0) is 19.8. The molecule has 0 radical (unpaired) electrons. The fourth-order valence-electron chi connectivity index (χ4n) is 4.43. The summed E-state index contributed by atoms with van der Waals surface area (Å²) >= 11 is 0. The predicted octanol–water partition coefficient (Wildman–Crippen LogP) is 3.49. The molecule has 0 saturated carbocycles. The number of H-pyrrole nitrogens is 1. The number of nitrogens with two attached hydrogens (primary N) is 1. The molecule has 2 aromatic carbocycles. The molecule has 0 bridgehead atoms. The van der Waals surface area contributed by atoms with Crippen LogP contribution in [0.2, 0.25) is 0 Å². The van der Waals surface area contributed by atoms with Gasteiger partial charge in [0.15, 0.2) is 0 Å². The van der Waals surface area contributed by atoms with Crippen molar-refractivity contribution in [2.45, 2.75) is 32.4 Å². The van der Waals surface area contributed by atoms with Gasteiger partial charge in [-0.15, -0.1) is 0 Å². The van der Waals surface area contributed by atoms with Crippen molar-refractivity contribution in [3.8, 4) is 0 Å². The smallest absolute Gasteiger partial charge is 0.326 e. The molecule has 6 heteroatoms. The fourth-order valence-corrected chi connectivity index (χ4v) is 4.43. The van der Waals surface area contributed by atoms with Gasteiger partial charge in [0.25, 0.3) is 0 Å². The Morgan fingerprint density at radius 3 is 2.55 bits per heavy atom. The van der Waals surface area contributed by atoms with Gasteiger partial charge in [0.1, 0.15) is 11.3 Å². The summed E-state index contributed by atoms with van der Waals surface area (Å²) in [6.07, 6.45) is 3.91. The van der Waals surface area contributed by atoms with Gasteiger partial charge >= 0.3 is 5.69 Å². The molecule has 29 heavy (non-hydrogen) atoms. The fraction of sp³-hybridized carbons (Fsp3) is 0.304. The number of rotatable bonds is 4. The van der Waals surface area contributed by atoms with E-state index in [9.17, 15) is 4.79 Å². The third-order valence-electron chi connectivity index (χ3n) is 5.83. The summed E-state index contributed by atoms with van der Waals surface area (Å²) in [6, 6.07) is 16.4. The van der Waals surface area contributed by atoms with Crippen LogP contribution < -0.4 is 11.4 Å². The van der Waals surface area contributed by atoms with E-state index in [1.807, 2.05) is 24.3 Å². The van der Waals surface area contributed by atoms with Gasteiger partial charge in [-0.25, -0.2) is 9.78 Å². The molecule has 0 aliphatic carbocycles. The SMILES string of the molecule is Nc1nc2ccccc2c2c1[nH]c(=O)n2Cc1cccc(CN2CCCCC2)c1. The number of imidazole rings is 1. The largest absolute Gasteiger partial charge is 0.382 e.